The maximum Gasteiger partial charge on any atom is 0.0662 e. The molecule has 14 heavy (non-hydrogen) atoms. The van der Waals surface area contributed by atoms with Crippen LogP contribution < -0.4 is 5.32 Å². The number of hydrogen-bond acceptors (Lipinski definition) is 2. The van der Waals surface area contributed by atoms with Crippen molar-refractivity contribution in [3.63, 3.8) is 0 Å². The Balaban J connectivity index is 2.22. The molecule has 0 spiro atoms. The van der Waals surface area contributed by atoms with Crippen LogP contribution in [0.4, 0.5) is 0 Å². The molecule has 0 saturated carbocycles. The van der Waals surface area contributed by atoms with Crippen LogP contribution >= 0.6 is 27.5 Å². The summed E-state index contributed by atoms with van der Waals surface area (Å²) in [6.45, 7) is 2.42. The van der Waals surface area contributed by atoms with Crippen LogP contribution in [0.1, 0.15) is 11.6 Å². The fourth-order valence-electron chi connectivity index (χ4n) is 1.55. The molecule has 1 saturated heterocycles. The molecule has 0 amide bonds. The van der Waals surface area contributed by atoms with Crippen LogP contribution in [0.25, 0.3) is 0 Å². The Morgan fingerprint density at radius 2 is 2.36 bits per heavy atom. The third kappa shape index (κ3) is 2.28. The molecular weight excluding hydrogens is 265 g/mol. The van der Waals surface area contributed by atoms with E-state index in [4.69, 9.17) is 16.3 Å². The summed E-state index contributed by atoms with van der Waals surface area (Å²) in [7, 11) is 0. The van der Waals surface area contributed by atoms with E-state index in [1.807, 2.05) is 18.2 Å². The van der Waals surface area contributed by atoms with E-state index in [9.17, 15) is 0 Å². The number of hydrogen-bond donors (Lipinski definition) is 1. The zero-order chi connectivity index (χ0) is 9.97. The van der Waals surface area contributed by atoms with Crippen molar-refractivity contribution in [1.82, 2.24) is 5.32 Å². The van der Waals surface area contributed by atoms with Crippen LogP contribution in [0.15, 0.2) is 22.7 Å². The van der Waals surface area contributed by atoms with Crippen molar-refractivity contribution in [2.45, 2.75) is 6.04 Å². The molecule has 0 aliphatic carbocycles. The standard InChI is InChI=1S/C10H11BrClNO/c11-9-5-7(12)1-2-8(9)10-6-14-4-3-13-10/h1-2,5,10,13H,3-4,6H2/t10-/m0/s1. The smallest absolute Gasteiger partial charge is 0.0662 e. The van der Waals surface area contributed by atoms with Crippen LogP contribution in [-0.2, 0) is 4.74 Å². The average Bonchev–Trinajstić information content (AvgIpc) is 2.19. The van der Waals surface area contributed by atoms with Gasteiger partial charge in [0.05, 0.1) is 19.3 Å². The van der Waals surface area contributed by atoms with Gasteiger partial charge in [-0.05, 0) is 17.7 Å². The second kappa shape index (κ2) is 4.62. The molecule has 1 atom stereocenters. The maximum atomic E-state index is 5.87. The SMILES string of the molecule is Clc1ccc([C@@H]2COCCN2)c(Br)c1. The lowest BCUT2D eigenvalue weighted by atomic mass is 10.1. The minimum Gasteiger partial charge on any atom is -0.378 e. The average molecular weight is 277 g/mol. The van der Waals surface area contributed by atoms with E-state index in [0.717, 1.165) is 29.3 Å². The Morgan fingerprint density at radius 3 is 3.00 bits per heavy atom. The van der Waals surface area contributed by atoms with Crippen molar-refractivity contribution < 1.29 is 4.74 Å². The topological polar surface area (TPSA) is 21.3 Å². The van der Waals surface area contributed by atoms with Crippen molar-refractivity contribution in [3.8, 4) is 0 Å². The van der Waals surface area contributed by atoms with Crippen LogP contribution in [0.3, 0.4) is 0 Å². The van der Waals surface area contributed by atoms with Gasteiger partial charge in [-0.2, -0.15) is 0 Å². The van der Waals surface area contributed by atoms with Gasteiger partial charge in [0.1, 0.15) is 0 Å². The monoisotopic (exact) mass is 275 g/mol. The molecule has 0 bridgehead atoms. The lowest BCUT2D eigenvalue weighted by molar-refractivity contribution is 0.0767. The second-order valence-corrected chi connectivity index (χ2v) is 4.54. The molecule has 0 unspecified atom stereocenters. The Labute approximate surface area is 96.7 Å². The summed E-state index contributed by atoms with van der Waals surface area (Å²) in [5.41, 5.74) is 1.20. The molecule has 1 aliphatic heterocycles. The van der Waals surface area contributed by atoms with Gasteiger partial charge in [0, 0.05) is 16.0 Å². The zero-order valence-electron chi connectivity index (χ0n) is 7.59. The molecular formula is C10H11BrClNO. The van der Waals surface area contributed by atoms with E-state index in [2.05, 4.69) is 21.2 Å². The number of nitrogens with one attached hydrogen (secondary N) is 1. The van der Waals surface area contributed by atoms with Crippen molar-refractivity contribution in [2.24, 2.45) is 0 Å². The van der Waals surface area contributed by atoms with E-state index in [-0.39, 0.29) is 6.04 Å². The highest BCUT2D eigenvalue weighted by Crippen LogP contribution is 2.27. The van der Waals surface area contributed by atoms with Gasteiger partial charge in [0.25, 0.3) is 0 Å². The maximum absolute atomic E-state index is 5.87. The number of rotatable bonds is 1. The molecule has 4 heteroatoms. The molecule has 0 radical (unpaired) electrons. The van der Waals surface area contributed by atoms with Crippen LogP contribution in [0.5, 0.6) is 0 Å². The molecule has 1 aromatic carbocycles. The van der Waals surface area contributed by atoms with Gasteiger partial charge in [-0.1, -0.05) is 33.6 Å². The summed E-state index contributed by atoms with van der Waals surface area (Å²) in [5.74, 6) is 0. The van der Waals surface area contributed by atoms with Gasteiger partial charge in [0.2, 0.25) is 0 Å². The Morgan fingerprint density at radius 1 is 1.50 bits per heavy atom. The van der Waals surface area contributed by atoms with Crippen LogP contribution in [0, 0.1) is 0 Å². The molecule has 1 aliphatic rings. The summed E-state index contributed by atoms with van der Waals surface area (Å²) in [5, 5.41) is 4.15. The van der Waals surface area contributed by atoms with E-state index >= 15 is 0 Å². The minimum absolute atomic E-state index is 0.274. The molecule has 1 N–H and O–H groups in total. The molecule has 1 fully saturated rings. The summed E-state index contributed by atoms with van der Waals surface area (Å²) < 4.78 is 6.44. The molecule has 2 nitrogen and oxygen atoms in total. The number of ether oxygens (including phenoxy) is 1. The van der Waals surface area contributed by atoms with Crippen molar-refractivity contribution in [2.75, 3.05) is 19.8 Å². The van der Waals surface area contributed by atoms with Gasteiger partial charge < -0.3 is 10.1 Å². The number of benzene rings is 1. The fourth-order valence-corrected chi connectivity index (χ4v) is 2.51. The first-order valence-electron chi connectivity index (χ1n) is 4.53. The largest absolute Gasteiger partial charge is 0.378 e. The predicted molar refractivity (Wildman–Crippen MR) is 60.7 cm³/mol. The van der Waals surface area contributed by atoms with Gasteiger partial charge in [-0.15, -0.1) is 0 Å². The quantitative estimate of drug-likeness (QED) is 0.852. The first kappa shape index (κ1) is 10.4. The summed E-state index contributed by atoms with van der Waals surface area (Å²) >= 11 is 9.38. The van der Waals surface area contributed by atoms with Gasteiger partial charge in [-0.25, -0.2) is 0 Å². The highest BCUT2D eigenvalue weighted by atomic mass is 79.9. The lowest BCUT2D eigenvalue weighted by Crippen LogP contribution is -2.34. The summed E-state index contributed by atoms with van der Waals surface area (Å²) in [6.07, 6.45) is 0. The highest BCUT2D eigenvalue weighted by Gasteiger charge is 2.17. The molecule has 2 rings (SSSR count). The summed E-state index contributed by atoms with van der Waals surface area (Å²) in [6, 6.07) is 6.11. The third-order valence-corrected chi connectivity index (χ3v) is 3.18. The van der Waals surface area contributed by atoms with E-state index in [0.29, 0.717) is 0 Å². The normalized spacial score (nSPS) is 22.3. The minimum atomic E-state index is 0.274. The van der Waals surface area contributed by atoms with Gasteiger partial charge in [-0.3, -0.25) is 0 Å². The molecule has 1 heterocycles. The molecule has 76 valence electrons. The zero-order valence-corrected chi connectivity index (χ0v) is 9.94. The Bertz CT molecular complexity index is 326. The molecule has 1 aromatic rings. The van der Waals surface area contributed by atoms with E-state index in [1.54, 1.807) is 0 Å². The highest BCUT2D eigenvalue weighted by molar-refractivity contribution is 9.10. The Hall–Kier alpha value is -0.0900. The lowest BCUT2D eigenvalue weighted by Gasteiger charge is -2.25. The van der Waals surface area contributed by atoms with Crippen molar-refractivity contribution >= 4 is 27.5 Å². The third-order valence-electron chi connectivity index (χ3n) is 2.26. The fraction of sp³-hybridized carbons (Fsp3) is 0.400. The Kier molecular flexibility index (Phi) is 3.44. The summed E-state index contributed by atoms with van der Waals surface area (Å²) in [4.78, 5) is 0. The number of halogens is 2. The van der Waals surface area contributed by atoms with E-state index < -0.39 is 0 Å². The number of morpholine rings is 1. The van der Waals surface area contributed by atoms with Crippen LogP contribution in [0.2, 0.25) is 5.02 Å². The van der Waals surface area contributed by atoms with Crippen molar-refractivity contribution in [1.29, 1.82) is 0 Å². The predicted octanol–water partition coefficient (Wildman–Crippen LogP) is 2.76. The first-order valence-corrected chi connectivity index (χ1v) is 5.70. The second-order valence-electron chi connectivity index (χ2n) is 3.25. The molecule has 0 aromatic heterocycles. The van der Waals surface area contributed by atoms with Crippen LogP contribution in [-0.4, -0.2) is 19.8 Å². The van der Waals surface area contributed by atoms with Gasteiger partial charge >= 0.3 is 0 Å². The van der Waals surface area contributed by atoms with Gasteiger partial charge in [0.15, 0.2) is 0 Å². The first-order chi connectivity index (χ1) is 6.77. The van der Waals surface area contributed by atoms with Crippen molar-refractivity contribution in [3.05, 3.63) is 33.3 Å². The van der Waals surface area contributed by atoms with E-state index in [1.165, 1.54) is 5.56 Å².